The quantitative estimate of drug-likeness (QED) is 0.348. The third-order valence-electron chi connectivity index (χ3n) is 4.46. The Morgan fingerprint density at radius 1 is 1.15 bits per heavy atom. The molecule has 7 heteroatoms. The number of aryl methyl sites for hydroxylation is 1. The van der Waals surface area contributed by atoms with E-state index >= 15 is 0 Å². The molecule has 0 aliphatic carbocycles. The smallest absolute Gasteiger partial charge is 0.190 e. The van der Waals surface area contributed by atoms with Gasteiger partial charge in [0.25, 0.3) is 0 Å². The molecule has 7 nitrogen and oxygen atoms in total. The number of guanidine groups is 1. The molecule has 1 atom stereocenters. The SMILES string of the molecule is CN=C(NCCCOC1CCOC1)NCCCc1ccc(OC)c(OC)c1. The molecule has 1 aromatic rings. The van der Waals surface area contributed by atoms with Gasteiger partial charge in [-0.15, -0.1) is 0 Å². The topological polar surface area (TPSA) is 73.3 Å². The van der Waals surface area contributed by atoms with E-state index in [1.807, 2.05) is 12.1 Å². The van der Waals surface area contributed by atoms with Crippen LogP contribution in [0.3, 0.4) is 0 Å². The minimum atomic E-state index is 0.277. The first-order valence-electron chi connectivity index (χ1n) is 9.61. The van der Waals surface area contributed by atoms with Crippen LogP contribution < -0.4 is 20.1 Å². The second kappa shape index (κ2) is 12.4. The van der Waals surface area contributed by atoms with Gasteiger partial charge in [0, 0.05) is 33.4 Å². The molecule has 2 rings (SSSR count). The Kier molecular flexibility index (Phi) is 9.79. The number of nitrogens with zero attached hydrogens (tertiary/aromatic N) is 1. The Hall–Kier alpha value is -1.99. The van der Waals surface area contributed by atoms with Crippen LogP contribution >= 0.6 is 0 Å². The predicted molar refractivity (Wildman–Crippen MR) is 107 cm³/mol. The molecule has 0 amide bonds. The van der Waals surface area contributed by atoms with Gasteiger partial charge >= 0.3 is 0 Å². The molecule has 27 heavy (non-hydrogen) atoms. The molecule has 0 bridgehead atoms. The second-order valence-corrected chi connectivity index (χ2v) is 6.43. The summed E-state index contributed by atoms with van der Waals surface area (Å²) in [5.74, 6) is 2.35. The van der Waals surface area contributed by atoms with Gasteiger partial charge in [-0.3, -0.25) is 4.99 Å². The van der Waals surface area contributed by atoms with Gasteiger partial charge in [0.1, 0.15) is 0 Å². The summed E-state index contributed by atoms with van der Waals surface area (Å²) in [6.07, 6.45) is 4.20. The summed E-state index contributed by atoms with van der Waals surface area (Å²) in [4.78, 5) is 4.25. The van der Waals surface area contributed by atoms with Crippen LogP contribution in [0.15, 0.2) is 23.2 Å². The van der Waals surface area contributed by atoms with Crippen molar-refractivity contribution < 1.29 is 18.9 Å². The lowest BCUT2D eigenvalue weighted by Crippen LogP contribution is -2.38. The summed E-state index contributed by atoms with van der Waals surface area (Å²) >= 11 is 0. The highest BCUT2D eigenvalue weighted by Crippen LogP contribution is 2.27. The Morgan fingerprint density at radius 3 is 2.59 bits per heavy atom. The largest absolute Gasteiger partial charge is 0.493 e. The third-order valence-corrected chi connectivity index (χ3v) is 4.46. The molecule has 2 N–H and O–H groups in total. The normalized spacial score (nSPS) is 17.0. The van der Waals surface area contributed by atoms with E-state index in [4.69, 9.17) is 18.9 Å². The lowest BCUT2D eigenvalue weighted by Gasteiger charge is -2.13. The summed E-state index contributed by atoms with van der Waals surface area (Å²) in [5.41, 5.74) is 1.23. The van der Waals surface area contributed by atoms with Gasteiger partial charge in [-0.25, -0.2) is 0 Å². The number of nitrogens with one attached hydrogen (secondary N) is 2. The van der Waals surface area contributed by atoms with Crippen LogP contribution in [0.1, 0.15) is 24.8 Å². The summed E-state index contributed by atoms with van der Waals surface area (Å²) in [7, 11) is 5.09. The van der Waals surface area contributed by atoms with Gasteiger partial charge in [-0.2, -0.15) is 0 Å². The van der Waals surface area contributed by atoms with Crippen LogP contribution in [0.25, 0.3) is 0 Å². The Bertz CT molecular complexity index is 574. The zero-order valence-corrected chi connectivity index (χ0v) is 16.8. The first-order valence-corrected chi connectivity index (χ1v) is 9.61. The first kappa shape index (κ1) is 21.3. The Labute approximate surface area is 162 Å². The molecule has 1 aromatic carbocycles. The fraction of sp³-hybridized carbons (Fsp3) is 0.650. The number of ether oxygens (including phenoxy) is 4. The van der Waals surface area contributed by atoms with E-state index in [1.54, 1.807) is 21.3 Å². The van der Waals surface area contributed by atoms with Crippen molar-refractivity contribution in [3.63, 3.8) is 0 Å². The van der Waals surface area contributed by atoms with Crippen molar-refractivity contribution in [1.82, 2.24) is 10.6 Å². The minimum Gasteiger partial charge on any atom is -0.493 e. The molecule has 0 saturated carbocycles. The van der Waals surface area contributed by atoms with E-state index in [0.717, 1.165) is 76.1 Å². The van der Waals surface area contributed by atoms with E-state index in [-0.39, 0.29) is 6.10 Å². The summed E-state index contributed by atoms with van der Waals surface area (Å²) in [6, 6.07) is 6.05. The highest BCUT2D eigenvalue weighted by atomic mass is 16.5. The minimum absolute atomic E-state index is 0.277. The molecule has 1 saturated heterocycles. The van der Waals surface area contributed by atoms with Gasteiger partial charge in [0.15, 0.2) is 17.5 Å². The molecule has 0 aromatic heterocycles. The standard InChI is InChI=1S/C20H33N3O4/c1-21-20(23-11-5-12-27-17-9-13-26-15-17)22-10-4-6-16-7-8-18(24-2)19(14-16)25-3/h7-8,14,17H,4-6,9-13,15H2,1-3H3,(H2,21,22,23). The van der Waals surface area contributed by atoms with Crippen molar-refractivity contribution in [3.05, 3.63) is 23.8 Å². The molecule has 152 valence electrons. The number of hydrogen-bond acceptors (Lipinski definition) is 5. The van der Waals surface area contributed by atoms with Gasteiger partial charge in [-0.1, -0.05) is 6.07 Å². The average Bonchev–Trinajstić information content (AvgIpc) is 3.22. The molecule has 1 fully saturated rings. The lowest BCUT2D eigenvalue weighted by molar-refractivity contribution is 0.0420. The van der Waals surface area contributed by atoms with E-state index in [9.17, 15) is 0 Å². The Morgan fingerprint density at radius 2 is 1.93 bits per heavy atom. The molecule has 1 aliphatic rings. The van der Waals surface area contributed by atoms with Crippen LogP contribution in [-0.2, 0) is 15.9 Å². The number of benzene rings is 1. The average molecular weight is 380 g/mol. The monoisotopic (exact) mass is 379 g/mol. The zero-order valence-electron chi connectivity index (χ0n) is 16.8. The van der Waals surface area contributed by atoms with Crippen molar-refractivity contribution in [3.8, 4) is 11.5 Å². The molecule has 1 unspecified atom stereocenters. The maximum absolute atomic E-state index is 5.76. The van der Waals surface area contributed by atoms with Crippen LogP contribution in [0.2, 0.25) is 0 Å². The van der Waals surface area contributed by atoms with Crippen LogP contribution in [0.4, 0.5) is 0 Å². The summed E-state index contributed by atoms with van der Waals surface area (Å²) in [6.45, 7) is 3.99. The van der Waals surface area contributed by atoms with E-state index in [1.165, 1.54) is 5.56 Å². The lowest BCUT2D eigenvalue weighted by atomic mass is 10.1. The molecule has 1 aliphatic heterocycles. The van der Waals surface area contributed by atoms with Gasteiger partial charge in [0.2, 0.25) is 0 Å². The maximum Gasteiger partial charge on any atom is 0.190 e. The highest BCUT2D eigenvalue weighted by Gasteiger charge is 2.15. The molecule has 1 heterocycles. The molecular weight excluding hydrogens is 346 g/mol. The van der Waals surface area contributed by atoms with E-state index in [0.29, 0.717) is 0 Å². The van der Waals surface area contributed by atoms with Crippen LogP contribution in [0.5, 0.6) is 11.5 Å². The van der Waals surface area contributed by atoms with Gasteiger partial charge in [0.05, 0.1) is 26.9 Å². The zero-order chi connectivity index (χ0) is 19.3. The molecule has 0 spiro atoms. The van der Waals surface area contributed by atoms with Crippen molar-refractivity contribution >= 4 is 5.96 Å². The second-order valence-electron chi connectivity index (χ2n) is 6.43. The van der Waals surface area contributed by atoms with Crippen molar-refractivity contribution in [2.24, 2.45) is 4.99 Å². The number of aliphatic imine (C=N–C) groups is 1. The maximum atomic E-state index is 5.76. The van der Waals surface area contributed by atoms with Crippen LogP contribution in [0, 0.1) is 0 Å². The first-order chi connectivity index (χ1) is 13.3. The third kappa shape index (κ3) is 7.64. The van der Waals surface area contributed by atoms with Crippen molar-refractivity contribution in [2.75, 3.05) is 54.2 Å². The molecule has 0 radical (unpaired) electrons. The predicted octanol–water partition coefficient (Wildman–Crippen LogP) is 2.00. The van der Waals surface area contributed by atoms with Crippen molar-refractivity contribution in [1.29, 1.82) is 0 Å². The Balaban J connectivity index is 1.57. The fourth-order valence-electron chi connectivity index (χ4n) is 2.93. The van der Waals surface area contributed by atoms with Crippen LogP contribution in [-0.4, -0.2) is 66.2 Å². The van der Waals surface area contributed by atoms with Crippen molar-refractivity contribution in [2.45, 2.75) is 31.8 Å². The van der Waals surface area contributed by atoms with E-state index < -0.39 is 0 Å². The summed E-state index contributed by atoms with van der Waals surface area (Å²) < 4.78 is 21.7. The van der Waals surface area contributed by atoms with Gasteiger partial charge < -0.3 is 29.6 Å². The van der Waals surface area contributed by atoms with E-state index in [2.05, 4.69) is 21.7 Å². The summed E-state index contributed by atoms with van der Waals surface area (Å²) in [5, 5.41) is 6.66. The number of hydrogen-bond donors (Lipinski definition) is 2. The molecular formula is C20H33N3O4. The fourth-order valence-corrected chi connectivity index (χ4v) is 2.93. The highest BCUT2D eigenvalue weighted by molar-refractivity contribution is 5.79. The van der Waals surface area contributed by atoms with Gasteiger partial charge in [-0.05, 0) is 43.4 Å². The number of methoxy groups -OCH3 is 2. The number of rotatable bonds is 11.